The fourth-order valence-corrected chi connectivity index (χ4v) is 3.81. The maximum atomic E-state index is 12.7. The van der Waals surface area contributed by atoms with E-state index in [1.807, 2.05) is 0 Å². The third-order valence-electron chi connectivity index (χ3n) is 5.37. The first-order chi connectivity index (χ1) is 13.0. The quantitative estimate of drug-likeness (QED) is 0.399. The van der Waals surface area contributed by atoms with Gasteiger partial charge in [-0.1, -0.05) is 44.4 Å². The summed E-state index contributed by atoms with van der Waals surface area (Å²) in [5.74, 6) is 6.79. The van der Waals surface area contributed by atoms with Gasteiger partial charge >= 0.3 is 6.18 Å². The molecule has 0 bridgehead atoms. The summed E-state index contributed by atoms with van der Waals surface area (Å²) in [5, 5.41) is 3.51. The summed E-state index contributed by atoms with van der Waals surface area (Å²) < 4.78 is 38.1. The van der Waals surface area contributed by atoms with Crippen molar-refractivity contribution < 1.29 is 13.2 Å². The number of hydrogen-bond donors (Lipinski definition) is 1. The Hall–Kier alpha value is -1.96. The Kier molecular flexibility index (Phi) is 6.82. The third-order valence-corrected chi connectivity index (χ3v) is 5.37. The van der Waals surface area contributed by atoms with Crippen LogP contribution in [0.2, 0.25) is 0 Å². The Morgan fingerprint density at radius 1 is 0.889 bits per heavy atom. The van der Waals surface area contributed by atoms with E-state index in [1.54, 1.807) is 0 Å². The van der Waals surface area contributed by atoms with Gasteiger partial charge in [-0.05, 0) is 55.9 Å². The van der Waals surface area contributed by atoms with E-state index in [1.165, 1.54) is 50.7 Å². The van der Waals surface area contributed by atoms with Gasteiger partial charge in [-0.2, -0.15) is 13.2 Å². The van der Waals surface area contributed by atoms with E-state index in [9.17, 15) is 13.2 Å². The second kappa shape index (κ2) is 9.30. The van der Waals surface area contributed by atoms with E-state index in [0.29, 0.717) is 23.5 Å². The number of nitrogens with one attached hydrogen (secondary N) is 1. The van der Waals surface area contributed by atoms with Crippen LogP contribution in [0.5, 0.6) is 0 Å². The van der Waals surface area contributed by atoms with Crippen molar-refractivity contribution in [2.24, 2.45) is 4.99 Å². The molecule has 2 aliphatic rings. The zero-order valence-corrected chi connectivity index (χ0v) is 15.6. The molecule has 2 nitrogen and oxygen atoms in total. The minimum atomic E-state index is -4.32. The second-order valence-corrected chi connectivity index (χ2v) is 7.57. The van der Waals surface area contributed by atoms with Gasteiger partial charge in [0.2, 0.25) is 0 Å². The van der Waals surface area contributed by atoms with Gasteiger partial charge in [-0.3, -0.25) is 4.99 Å². The Bertz CT molecular complexity index is 683. The fourth-order valence-electron chi connectivity index (χ4n) is 3.81. The molecule has 0 heterocycles. The van der Waals surface area contributed by atoms with Gasteiger partial charge in [0, 0.05) is 11.6 Å². The summed E-state index contributed by atoms with van der Waals surface area (Å²) in [4.78, 5) is 4.85. The molecule has 1 aromatic rings. The molecule has 0 radical (unpaired) electrons. The van der Waals surface area contributed by atoms with Crippen molar-refractivity contribution in [3.8, 4) is 11.8 Å². The molecule has 0 aliphatic heterocycles. The lowest BCUT2D eigenvalue weighted by molar-refractivity contribution is -0.137. The van der Waals surface area contributed by atoms with Gasteiger partial charge in [0.15, 0.2) is 5.84 Å². The highest BCUT2D eigenvalue weighted by Crippen LogP contribution is 2.29. The SMILES string of the molecule is FC(F)(F)c1ccc(C#CC(=NC2CCCCC2)NC2CCCCC2)cc1. The van der Waals surface area contributed by atoms with Crippen molar-refractivity contribution in [1.29, 1.82) is 0 Å². The van der Waals surface area contributed by atoms with E-state index in [0.717, 1.165) is 37.8 Å². The van der Waals surface area contributed by atoms with E-state index in [-0.39, 0.29) is 0 Å². The van der Waals surface area contributed by atoms with Crippen molar-refractivity contribution in [2.75, 3.05) is 0 Å². The van der Waals surface area contributed by atoms with Gasteiger partial charge in [0.25, 0.3) is 0 Å². The molecule has 0 unspecified atom stereocenters. The Morgan fingerprint density at radius 2 is 1.48 bits per heavy atom. The smallest absolute Gasteiger partial charge is 0.360 e. The molecule has 27 heavy (non-hydrogen) atoms. The van der Waals surface area contributed by atoms with Crippen LogP contribution in [0.25, 0.3) is 0 Å². The molecule has 0 saturated heterocycles. The minimum Gasteiger partial charge on any atom is -0.360 e. The summed E-state index contributed by atoms with van der Waals surface area (Å²) in [6.07, 6.45) is 7.55. The van der Waals surface area contributed by atoms with Crippen LogP contribution in [0, 0.1) is 11.8 Å². The average molecular weight is 376 g/mol. The second-order valence-electron chi connectivity index (χ2n) is 7.57. The molecule has 2 aliphatic carbocycles. The lowest BCUT2D eigenvalue weighted by atomic mass is 9.95. The van der Waals surface area contributed by atoms with Crippen LogP contribution in [0.3, 0.4) is 0 Å². The lowest BCUT2D eigenvalue weighted by Crippen LogP contribution is -2.36. The van der Waals surface area contributed by atoms with Crippen molar-refractivity contribution in [3.63, 3.8) is 0 Å². The third kappa shape index (κ3) is 6.30. The van der Waals surface area contributed by atoms with Crippen LogP contribution >= 0.6 is 0 Å². The number of nitrogens with zero attached hydrogens (tertiary/aromatic N) is 1. The predicted octanol–water partition coefficient (Wildman–Crippen LogP) is 5.71. The van der Waals surface area contributed by atoms with Crippen LogP contribution < -0.4 is 5.32 Å². The van der Waals surface area contributed by atoms with Gasteiger partial charge in [-0.15, -0.1) is 0 Å². The first-order valence-electron chi connectivity index (χ1n) is 10.0. The van der Waals surface area contributed by atoms with E-state index < -0.39 is 11.7 Å². The molecule has 2 fully saturated rings. The zero-order chi connectivity index (χ0) is 19.1. The van der Waals surface area contributed by atoms with Crippen LogP contribution in [0.15, 0.2) is 29.3 Å². The van der Waals surface area contributed by atoms with E-state index >= 15 is 0 Å². The highest BCUT2D eigenvalue weighted by Gasteiger charge is 2.29. The van der Waals surface area contributed by atoms with Crippen molar-refractivity contribution in [1.82, 2.24) is 5.32 Å². The number of aliphatic imine (C=N–C) groups is 1. The molecule has 0 amide bonds. The standard InChI is InChI=1S/C22H27F3N2/c23-22(24,25)18-14-11-17(12-15-18)13-16-21(26-19-7-3-1-4-8-19)27-20-9-5-2-6-10-20/h11-12,14-15,19-20H,1-10H2,(H,26,27). The lowest BCUT2D eigenvalue weighted by Gasteiger charge is -2.24. The van der Waals surface area contributed by atoms with E-state index in [2.05, 4.69) is 17.2 Å². The van der Waals surface area contributed by atoms with Gasteiger partial charge in [-0.25, -0.2) is 0 Å². The number of amidine groups is 1. The number of alkyl halides is 3. The van der Waals surface area contributed by atoms with Crippen molar-refractivity contribution >= 4 is 5.84 Å². The van der Waals surface area contributed by atoms with Crippen LogP contribution in [-0.2, 0) is 6.18 Å². The number of rotatable bonds is 2. The predicted molar refractivity (Wildman–Crippen MR) is 103 cm³/mol. The number of halogens is 3. The molecule has 0 aromatic heterocycles. The van der Waals surface area contributed by atoms with Crippen molar-refractivity contribution in [3.05, 3.63) is 35.4 Å². The largest absolute Gasteiger partial charge is 0.416 e. The summed E-state index contributed by atoms with van der Waals surface area (Å²) in [7, 11) is 0. The molecular formula is C22H27F3N2. The van der Waals surface area contributed by atoms with Gasteiger partial charge in [0.05, 0.1) is 11.6 Å². The maximum Gasteiger partial charge on any atom is 0.416 e. The zero-order valence-electron chi connectivity index (χ0n) is 15.6. The molecule has 5 heteroatoms. The topological polar surface area (TPSA) is 24.4 Å². The first kappa shape index (κ1) is 19.8. The normalized spacial score (nSPS) is 20.0. The molecule has 1 aromatic carbocycles. The van der Waals surface area contributed by atoms with Gasteiger partial charge in [0.1, 0.15) is 0 Å². The van der Waals surface area contributed by atoms with Crippen LogP contribution in [0.4, 0.5) is 13.2 Å². The van der Waals surface area contributed by atoms with E-state index in [4.69, 9.17) is 4.99 Å². The summed E-state index contributed by atoms with van der Waals surface area (Å²) in [6, 6.07) is 5.73. The van der Waals surface area contributed by atoms with Crippen LogP contribution in [-0.4, -0.2) is 17.9 Å². The fraction of sp³-hybridized carbons (Fsp3) is 0.591. The summed E-state index contributed by atoms with van der Waals surface area (Å²) in [5.41, 5.74) is -0.0748. The minimum absolute atomic E-state index is 0.312. The Labute approximate surface area is 159 Å². The highest BCUT2D eigenvalue weighted by atomic mass is 19.4. The maximum absolute atomic E-state index is 12.7. The average Bonchev–Trinajstić information content (AvgIpc) is 2.67. The van der Waals surface area contributed by atoms with Crippen molar-refractivity contribution in [2.45, 2.75) is 82.5 Å². The molecule has 2 saturated carbocycles. The Balaban J connectivity index is 1.74. The Morgan fingerprint density at radius 3 is 2.07 bits per heavy atom. The number of hydrogen-bond acceptors (Lipinski definition) is 1. The monoisotopic (exact) mass is 376 g/mol. The molecular weight excluding hydrogens is 349 g/mol. The molecule has 0 atom stereocenters. The molecule has 146 valence electrons. The first-order valence-corrected chi connectivity index (χ1v) is 10.0. The summed E-state index contributed by atoms with van der Waals surface area (Å²) in [6.45, 7) is 0. The van der Waals surface area contributed by atoms with Gasteiger partial charge < -0.3 is 5.32 Å². The molecule has 0 spiro atoms. The molecule has 1 N–H and O–H groups in total. The summed E-state index contributed by atoms with van der Waals surface area (Å²) >= 11 is 0. The highest BCUT2D eigenvalue weighted by molar-refractivity contribution is 5.99. The number of benzene rings is 1. The van der Waals surface area contributed by atoms with Crippen LogP contribution in [0.1, 0.15) is 75.3 Å². The molecule has 3 rings (SSSR count).